The summed E-state index contributed by atoms with van der Waals surface area (Å²) >= 11 is 0. The number of nitrogens with one attached hydrogen (secondary N) is 1. The van der Waals surface area contributed by atoms with E-state index in [0.29, 0.717) is 18.6 Å². The van der Waals surface area contributed by atoms with Gasteiger partial charge in [0, 0.05) is 19.1 Å². The van der Waals surface area contributed by atoms with Crippen molar-refractivity contribution >= 4 is 5.91 Å². The molecule has 1 aliphatic carbocycles. The molecule has 1 amide bonds. The average molecular weight is 184 g/mol. The number of likely N-dealkylation sites (N-methyl/N-ethyl adjacent to an activating group) is 1. The molecule has 0 aromatic carbocycles. The molecule has 1 aliphatic rings. The molecule has 76 valence electrons. The number of carbonyl (C=O) groups is 1. The van der Waals surface area contributed by atoms with E-state index in [0.717, 1.165) is 0 Å². The monoisotopic (exact) mass is 184 g/mol. The lowest BCUT2D eigenvalue weighted by molar-refractivity contribution is -0.132. The van der Waals surface area contributed by atoms with Crippen molar-refractivity contribution in [2.45, 2.75) is 45.2 Å². The Morgan fingerprint density at radius 3 is 2.54 bits per heavy atom. The standard InChI is InChI=1S/C10H20N2O/c1-8(2)11-7-10(13)12(3)9-5-4-6-9/h8-9,11H,4-7H2,1-3H3. The van der Waals surface area contributed by atoms with Crippen LogP contribution in [-0.4, -0.2) is 36.5 Å². The Balaban J connectivity index is 2.21. The van der Waals surface area contributed by atoms with Crippen molar-refractivity contribution in [2.75, 3.05) is 13.6 Å². The van der Waals surface area contributed by atoms with Crippen molar-refractivity contribution in [3.8, 4) is 0 Å². The van der Waals surface area contributed by atoms with Gasteiger partial charge >= 0.3 is 0 Å². The van der Waals surface area contributed by atoms with Crippen LogP contribution in [0.2, 0.25) is 0 Å². The maximum absolute atomic E-state index is 11.5. The van der Waals surface area contributed by atoms with E-state index in [2.05, 4.69) is 19.2 Å². The largest absolute Gasteiger partial charge is 0.342 e. The van der Waals surface area contributed by atoms with E-state index in [1.165, 1.54) is 19.3 Å². The van der Waals surface area contributed by atoms with Gasteiger partial charge in [-0.05, 0) is 19.3 Å². The van der Waals surface area contributed by atoms with Crippen molar-refractivity contribution in [3.63, 3.8) is 0 Å². The fraction of sp³-hybridized carbons (Fsp3) is 0.900. The van der Waals surface area contributed by atoms with Crippen molar-refractivity contribution in [1.82, 2.24) is 10.2 Å². The summed E-state index contributed by atoms with van der Waals surface area (Å²) in [4.78, 5) is 13.4. The molecule has 1 N–H and O–H groups in total. The highest BCUT2D eigenvalue weighted by Gasteiger charge is 2.25. The van der Waals surface area contributed by atoms with E-state index >= 15 is 0 Å². The molecule has 0 bridgehead atoms. The summed E-state index contributed by atoms with van der Waals surface area (Å²) in [6.07, 6.45) is 3.65. The highest BCUT2D eigenvalue weighted by Crippen LogP contribution is 2.23. The smallest absolute Gasteiger partial charge is 0.236 e. The molecule has 0 aromatic rings. The molecule has 3 heteroatoms. The molecule has 13 heavy (non-hydrogen) atoms. The quantitative estimate of drug-likeness (QED) is 0.707. The van der Waals surface area contributed by atoms with Gasteiger partial charge in [-0.25, -0.2) is 0 Å². The van der Waals surface area contributed by atoms with Crippen LogP contribution in [0.3, 0.4) is 0 Å². The van der Waals surface area contributed by atoms with E-state index in [1.54, 1.807) is 0 Å². The van der Waals surface area contributed by atoms with E-state index in [4.69, 9.17) is 0 Å². The van der Waals surface area contributed by atoms with Crippen LogP contribution in [-0.2, 0) is 4.79 Å². The van der Waals surface area contributed by atoms with Crippen LogP contribution in [0.4, 0.5) is 0 Å². The van der Waals surface area contributed by atoms with E-state index in [9.17, 15) is 4.79 Å². The highest BCUT2D eigenvalue weighted by molar-refractivity contribution is 5.78. The Bertz CT molecular complexity index is 176. The van der Waals surface area contributed by atoms with Gasteiger partial charge in [0.1, 0.15) is 0 Å². The average Bonchev–Trinajstić information content (AvgIpc) is 1.96. The van der Waals surface area contributed by atoms with Crippen LogP contribution in [0.15, 0.2) is 0 Å². The molecule has 0 aromatic heterocycles. The van der Waals surface area contributed by atoms with Crippen LogP contribution in [0, 0.1) is 0 Å². The van der Waals surface area contributed by atoms with Gasteiger partial charge in [-0.3, -0.25) is 4.79 Å². The number of rotatable bonds is 4. The first-order valence-corrected chi connectivity index (χ1v) is 5.10. The summed E-state index contributed by atoms with van der Waals surface area (Å²) in [5.41, 5.74) is 0. The van der Waals surface area contributed by atoms with Gasteiger partial charge in [0.2, 0.25) is 5.91 Å². The lowest BCUT2D eigenvalue weighted by Crippen LogP contribution is -2.46. The lowest BCUT2D eigenvalue weighted by Gasteiger charge is -2.35. The number of nitrogens with zero attached hydrogens (tertiary/aromatic N) is 1. The Morgan fingerprint density at radius 1 is 1.54 bits per heavy atom. The minimum absolute atomic E-state index is 0.221. The second-order valence-electron chi connectivity index (χ2n) is 4.12. The van der Waals surface area contributed by atoms with Crippen LogP contribution in [0.1, 0.15) is 33.1 Å². The molecule has 0 spiro atoms. The van der Waals surface area contributed by atoms with Gasteiger partial charge in [0.25, 0.3) is 0 Å². The van der Waals surface area contributed by atoms with Crippen molar-refractivity contribution in [3.05, 3.63) is 0 Å². The molecule has 1 rings (SSSR count). The van der Waals surface area contributed by atoms with Crippen LogP contribution >= 0.6 is 0 Å². The van der Waals surface area contributed by atoms with E-state index in [1.807, 2.05) is 11.9 Å². The summed E-state index contributed by atoms with van der Waals surface area (Å²) in [7, 11) is 1.91. The third-order valence-electron chi connectivity index (χ3n) is 2.68. The van der Waals surface area contributed by atoms with Crippen LogP contribution in [0.5, 0.6) is 0 Å². The van der Waals surface area contributed by atoms with Gasteiger partial charge in [-0.2, -0.15) is 0 Å². The Morgan fingerprint density at radius 2 is 2.15 bits per heavy atom. The van der Waals surface area contributed by atoms with Crippen molar-refractivity contribution < 1.29 is 4.79 Å². The minimum atomic E-state index is 0.221. The third kappa shape index (κ3) is 2.99. The molecule has 1 fully saturated rings. The SMILES string of the molecule is CC(C)NCC(=O)N(C)C1CCC1. The van der Waals surface area contributed by atoms with Gasteiger partial charge in [0.15, 0.2) is 0 Å². The summed E-state index contributed by atoms with van der Waals surface area (Å²) < 4.78 is 0. The Kier molecular flexibility index (Phi) is 3.72. The summed E-state index contributed by atoms with van der Waals surface area (Å²) in [5.74, 6) is 0.221. The molecule has 0 unspecified atom stereocenters. The molecule has 0 aliphatic heterocycles. The molecule has 1 saturated carbocycles. The second kappa shape index (κ2) is 4.61. The predicted octanol–water partition coefficient (Wildman–Crippen LogP) is 0.995. The van der Waals surface area contributed by atoms with Gasteiger partial charge < -0.3 is 10.2 Å². The molecule has 0 atom stereocenters. The lowest BCUT2D eigenvalue weighted by atomic mass is 9.92. The Hall–Kier alpha value is -0.570. The predicted molar refractivity (Wildman–Crippen MR) is 53.5 cm³/mol. The fourth-order valence-electron chi connectivity index (χ4n) is 1.39. The molecular formula is C10H20N2O. The molecule has 0 saturated heterocycles. The number of hydrogen-bond acceptors (Lipinski definition) is 2. The first-order valence-electron chi connectivity index (χ1n) is 5.10. The third-order valence-corrected chi connectivity index (χ3v) is 2.68. The number of hydrogen-bond donors (Lipinski definition) is 1. The first kappa shape index (κ1) is 10.5. The first-order chi connectivity index (χ1) is 6.11. The summed E-state index contributed by atoms with van der Waals surface area (Å²) in [5, 5.41) is 3.14. The van der Waals surface area contributed by atoms with Crippen LogP contribution in [0.25, 0.3) is 0 Å². The van der Waals surface area contributed by atoms with E-state index < -0.39 is 0 Å². The maximum atomic E-state index is 11.5. The Labute approximate surface area is 80.5 Å². The minimum Gasteiger partial charge on any atom is -0.342 e. The zero-order chi connectivity index (χ0) is 9.84. The zero-order valence-corrected chi connectivity index (χ0v) is 8.84. The highest BCUT2D eigenvalue weighted by atomic mass is 16.2. The molecule has 0 heterocycles. The van der Waals surface area contributed by atoms with Crippen LogP contribution < -0.4 is 5.32 Å². The molecular weight excluding hydrogens is 164 g/mol. The molecule has 0 radical (unpaired) electrons. The van der Waals surface area contributed by atoms with Gasteiger partial charge in [-0.15, -0.1) is 0 Å². The normalized spacial score (nSPS) is 17.2. The number of amides is 1. The molecule has 3 nitrogen and oxygen atoms in total. The second-order valence-corrected chi connectivity index (χ2v) is 4.12. The summed E-state index contributed by atoms with van der Waals surface area (Å²) in [6, 6.07) is 0.903. The van der Waals surface area contributed by atoms with Crippen molar-refractivity contribution in [2.24, 2.45) is 0 Å². The van der Waals surface area contributed by atoms with Gasteiger partial charge in [0.05, 0.1) is 6.54 Å². The summed E-state index contributed by atoms with van der Waals surface area (Å²) in [6.45, 7) is 4.58. The number of carbonyl (C=O) groups excluding carboxylic acids is 1. The van der Waals surface area contributed by atoms with Gasteiger partial charge in [-0.1, -0.05) is 13.8 Å². The zero-order valence-electron chi connectivity index (χ0n) is 8.84. The maximum Gasteiger partial charge on any atom is 0.236 e. The topological polar surface area (TPSA) is 32.3 Å². The van der Waals surface area contributed by atoms with E-state index in [-0.39, 0.29) is 5.91 Å². The van der Waals surface area contributed by atoms with Crippen molar-refractivity contribution in [1.29, 1.82) is 0 Å². The fourth-order valence-corrected chi connectivity index (χ4v) is 1.39.